The molecule has 4 nitrogen and oxygen atoms in total. The summed E-state index contributed by atoms with van der Waals surface area (Å²) in [6.45, 7) is 0. The van der Waals surface area contributed by atoms with E-state index in [9.17, 15) is 0 Å². The zero-order valence-electron chi connectivity index (χ0n) is 24.9. The van der Waals surface area contributed by atoms with Gasteiger partial charge in [0.2, 0.25) is 0 Å². The summed E-state index contributed by atoms with van der Waals surface area (Å²) in [6, 6.07) is 28.5. The van der Waals surface area contributed by atoms with Gasteiger partial charge in [-0.1, -0.05) is 91.0 Å². The Morgan fingerprint density at radius 2 is 1.29 bits per heavy atom. The van der Waals surface area contributed by atoms with E-state index in [-0.39, 0.29) is 0 Å². The van der Waals surface area contributed by atoms with Gasteiger partial charge in [0.15, 0.2) is 0 Å². The third-order valence-corrected chi connectivity index (χ3v) is 9.41. The summed E-state index contributed by atoms with van der Waals surface area (Å²) in [7, 11) is 0. The highest BCUT2D eigenvalue weighted by atomic mass is 14.9. The number of allylic oxidation sites excluding steroid dienone is 3. The lowest BCUT2D eigenvalue weighted by Gasteiger charge is -2.22. The van der Waals surface area contributed by atoms with Crippen molar-refractivity contribution in [3.8, 4) is 33.8 Å². The van der Waals surface area contributed by atoms with Crippen LogP contribution in [0.2, 0.25) is 0 Å². The van der Waals surface area contributed by atoms with Crippen LogP contribution in [0.15, 0.2) is 114 Å². The van der Waals surface area contributed by atoms with Gasteiger partial charge in [0.25, 0.3) is 0 Å². The van der Waals surface area contributed by atoms with Gasteiger partial charge in [-0.3, -0.25) is 15.0 Å². The topological polar surface area (TPSA) is 51.0 Å². The molecule has 1 aliphatic heterocycles. The lowest BCUT2D eigenvalue weighted by Crippen LogP contribution is -2.10. The van der Waals surface area contributed by atoms with Gasteiger partial charge in [-0.15, -0.1) is 0 Å². The van der Waals surface area contributed by atoms with Crippen molar-refractivity contribution in [2.45, 2.75) is 32.1 Å². The lowest BCUT2D eigenvalue weighted by atomic mass is 9.89. The van der Waals surface area contributed by atoms with Gasteiger partial charge in [-0.2, -0.15) is 0 Å². The molecule has 0 atom stereocenters. The number of hydrogen-bond acceptors (Lipinski definition) is 4. The summed E-state index contributed by atoms with van der Waals surface area (Å²) >= 11 is 0. The molecule has 214 valence electrons. The summed E-state index contributed by atoms with van der Waals surface area (Å²) in [4.78, 5) is 19.3. The molecular weight excluding hydrogens is 548 g/mol. The summed E-state index contributed by atoms with van der Waals surface area (Å²) in [6.07, 6.45) is 20.0. The number of benzene rings is 4. The SMILES string of the molecule is C1=Cc2c(c3ccc(-c4ccc(-c5cnc(-c6ccc7c(n6)C6=C(CCC=N6)CC7)cn5)cc4)cc3c3ccccc23)C=CC1. The largest absolute Gasteiger partial charge is 0.259 e. The Kier molecular flexibility index (Phi) is 6.12. The number of aryl methyl sites for hydroxylation is 1. The first-order valence-electron chi connectivity index (χ1n) is 15.8. The maximum atomic E-state index is 5.00. The van der Waals surface area contributed by atoms with Gasteiger partial charge in [0.1, 0.15) is 5.69 Å². The number of aliphatic imine (C=N–C) groups is 1. The van der Waals surface area contributed by atoms with E-state index in [4.69, 9.17) is 19.9 Å². The Labute approximate surface area is 262 Å². The quantitative estimate of drug-likeness (QED) is 0.196. The first-order chi connectivity index (χ1) is 22.3. The van der Waals surface area contributed by atoms with Crippen LogP contribution in [0.1, 0.15) is 48.1 Å². The van der Waals surface area contributed by atoms with Gasteiger partial charge in [0, 0.05) is 11.8 Å². The maximum Gasteiger partial charge on any atom is 0.107 e. The molecule has 0 spiro atoms. The minimum Gasteiger partial charge on any atom is -0.259 e. The third kappa shape index (κ3) is 4.44. The second-order valence-electron chi connectivity index (χ2n) is 12.0. The second kappa shape index (κ2) is 10.6. The van der Waals surface area contributed by atoms with Crippen molar-refractivity contribution in [3.05, 3.63) is 131 Å². The van der Waals surface area contributed by atoms with E-state index in [2.05, 4.69) is 103 Å². The highest BCUT2D eigenvalue weighted by molar-refractivity contribution is 6.15. The van der Waals surface area contributed by atoms with E-state index in [0.29, 0.717) is 0 Å². The monoisotopic (exact) mass is 578 g/mol. The van der Waals surface area contributed by atoms with Crippen molar-refractivity contribution >= 4 is 45.6 Å². The Morgan fingerprint density at radius 1 is 0.556 bits per heavy atom. The molecule has 0 saturated heterocycles. The molecular formula is C41H30N4. The van der Waals surface area contributed by atoms with Gasteiger partial charge in [-0.05, 0) is 99.2 Å². The first kappa shape index (κ1) is 26.0. The van der Waals surface area contributed by atoms with Crippen molar-refractivity contribution in [1.82, 2.24) is 15.0 Å². The number of nitrogens with zero attached hydrogens (tertiary/aromatic N) is 4. The van der Waals surface area contributed by atoms with Crippen molar-refractivity contribution < 1.29 is 0 Å². The Hall–Kier alpha value is -5.48. The molecule has 0 unspecified atom stereocenters. The fourth-order valence-corrected chi connectivity index (χ4v) is 7.08. The van der Waals surface area contributed by atoms with E-state index in [1.165, 1.54) is 54.9 Å². The molecule has 45 heavy (non-hydrogen) atoms. The molecule has 9 rings (SSSR count). The molecule has 2 aliphatic carbocycles. The molecule has 3 aliphatic rings. The summed E-state index contributed by atoms with van der Waals surface area (Å²) in [5.41, 5.74) is 13.3. The van der Waals surface area contributed by atoms with Crippen LogP contribution in [0.25, 0.3) is 73.2 Å². The number of aromatic nitrogens is 3. The molecule has 0 fully saturated rings. The van der Waals surface area contributed by atoms with Crippen LogP contribution in [0.3, 0.4) is 0 Å². The van der Waals surface area contributed by atoms with E-state index in [0.717, 1.165) is 66.1 Å². The molecule has 0 N–H and O–H groups in total. The van der Waals surface area contributed by atoms with E-state index in [1.54, 1.807) is 0 Å². The summed E-state index contributed by atoms with van der Waals surface area (Å²) in [5, 5.41) is 5.16. The maximum absolute atomic E-state index is 5.00. The zero-order valence-corrected chi connectivity index (χ0v) is 24.9. The van der Waals surface area contributed by atoms with Gasteiger partial charge < -0.3 is 0 Å². The Morgan fingerprint density at radius 3 is 2.11 bits per heavy atom. The molecule has 0 radical (unpaired) electrons. The van der Waals surface area contributed by atoms with Crippen LogP contribution in [0.5, 0.6) is 0 Å². The molecule has 0 bridgehead atoms. The molecule has 4 heteroatoms. The molecule has 4 aromatic carbocycles. The molecule has 3 heterocycles. The normalized spacial score (nSPS) is 15.2. The van der Waals surface area contributed by atoms with Gasteiger partial charge in [-0.25, -0.2) is 4.98 Å². The minimum absolute atomic E-state index is 0.775. The molecule has 6 aromatic rings. The molecule has 0 amide bonds. The van der Waals surface area contributed by atoms with Crippen LogP contribution < -0.4 is 0 Å². The predicted molar refractivity (Wildman–Crippen MR) is 187 cm³/mol. The summed E-state index contributed by atoms with van der Waals surface area (Å²) < 4.78 is 0. The fraction of sp³-hybridized carbons (Fsp3) is 0.122. The van der Waals surface area contributed by atoms with Crippen molar-refractivity contribution in [2.75, 3.05) is 0 Å². The predicted octanol–water partition coefficient (Wildman–Crippen LogP) is 10.1. The van der Waals surface area contributed by atoms with Crippen molar-refractivity contribution in [2.24, 2.45) is 4.99 Å². The minimum atomic E-state index is 0.775. The van der Waals surface area contributed by atoms with Crippen LogP contribution in [0.4, 0.5) is 0 Å². The lowest BCUT2D eigenvalue weighted by molar-refractivity contribution is 0.825. The highest BCUT2D eigenvalue weighted by Crippen LogP contribution is 2.39. The smallest absolute Gasteiger partial charge is 0.107 e. The number of rotatable bonds is 3. The van der Waals surface area contributed by atoms with Gasteiger partial charge in [0.05, 0.1) is 35.2 Å². The standard InChI is InChI=1S/C41H30N4/c1-2-8-31-32-10-4-5-11-34(32)36-23-30(18-20-35(36)33(31)9-3-1)26-12-14-27(15-13-26)38-24-44-39(25-43-38)37-21-19-29-17-16-28-7-6-22-42-40(28)41(29)45-37/h2-5,8-15,18-25H,1,6-7,16-17H2. The molecule has 0 saturated carbocycles. The number of fused-ring (bicyclic) bond motifs is 8. The molecule has 2 aromatic heterocycles. The van der Waals surface area contributed by atoms with E-state index >= 15 is 0 Å². The fourth-order valence-electron chi connectivity index (χ4n) is 7.08. The van der Waals surface area contributed by atoms with Crippen LogP contribution >= 0.6 is 0 Å². The van der Waals surface area contributed by atoms with Crippen molar-refractivity contribution in [1.29, 1.82) is 0 Å². The number of pyridine rings is 1. The van der Waals surface area contributed by atoms with E-state index < -0.39 is 0 Å². The van der Waals surface area contributed by atoms with Crippen LogP contribution in [-0.2, 0) is 6.42 Å². The zero-order chi connectivity index (χ0) is 29.7. The average Bonchev–Trinajstić information content (AvgIpc) is 3.38. The highest BCUT2D eigenvalue weighted by Gasteiger charge is 2.22. The second-order valence-corrected chi connectivity index (χ2v) is 12.0. The van der Waals surface area contributed by atoms with Crippen LogP contribution in [0, 0.1) is 0 Å². The van der Waals surface area contributed by atoms with E-state index in [1.807, 2.05) is 18.6 Å². The third-order valence-electron chi connectivity index (χ3n) is 9.41. The van der Waals surface area contributed by atoms with Crippen LogP contribution in [-0.4, -0.2) is 21.2 Å². The Bertz CT molecular complexity index is 2270. The summed E-state index contributed by atoms with van der Waals surface area (Å²) in [5.74, 6) is 0. The number of hydrogen-bond donors (Lipinski definition) is 0. The Balaban J connectivity index is 1.03. The average molecular weight is 579 g/mol. The van der Waals surface area contributed by atoms with Crippen molar-refractivity contribution in [3.63, 3.8) is 0 Å². The first-order valence-corrected chi connectivity index (χ1v) is 15.8. The van der Waals surface area contributed by atoms with Gasteiger partial charge >= 0.3 is 0 Å².